The molecule has 0 rings (SSSR count). The van der Waals surface area contributed by atoms with Crippen molar-refractivity contribution in [1.82, 2.24) is 0 Å². The molecule has 0 aliphatic heterocycles. The molecule has 0 bridgehead atoms. The standard InChI is InChI=1S/C4H7Br.C3H5Br/c1-2-3-4-5;1-2-3-4/h2-3H,4H2,1H3;2H,1,3H2/b3-2+;. The maximum absolute atomic E-state index is 3.43. The van der Waals surface area contributed by atoms with E-state index in [1.54, 1.807) is 6.08 Å². The van der Waals surface area contributed by atoms with E-state index in [2.05, 4.69) is 38.4 Å². The minimum absolute atomic E-state index is 0.896. The lowest BCUT2D eigenvalue weighted by Crippen LogP contribution is -1.49. The van der Waals surface area contributed by atoms with Gasteiger partial charge in [0, 0.05) is 10.7 Å². The summed E-state index contributed by atoms with van der Waals surface area (Å²) in [7, 11) is 0. The summed E-state index contributed by atoms with van der Waals surface area (Å²) in [6, 6.07) is 0. The fourth-order valence-electron chi connectivity index (χ4n) is 0.0891. The van der Waals surface area contributed by atoms with Gasteiger partial charge in [0.1, 0.15) is 0 Å². The van der Waals surface area contributed by atoms with Crippen molar-refractivity contribution in [2.24, 2.45) is 0 Å². The third-order valence-corrected chi connectivity index (χ3v) is 1.27. The van der Waals surface area contributed by atoms with Crippen molar-refractivity contribution in [1.29, 1.82) is 0 Å². The zero-order valence-electron chi connectivity index (χ0n) is 5.61. The predicted molar refractivity (Wildman–Crippen MR) is 52.6 cm³/mol. The van der Waals surface area contributed by atoms with Crippen LogP contribution in [0.1, 0.15) is 6.92 Å². The number of hydrogen-bond acceptors (Lipinski definition) is 0. The summed E-state index contributed by atoms with van der Waals surface area (Å²) >= 11 is 6.35. The molecule has 0 saturated carbocycles. The second kappa shape index (κ2) is 15.8. The van der Waals surface area contributed by atoms with Gasteiger partial charge in [-0.3, -0.25) is 0 Å². The van der Waals surface area contributed by atoms with E-state index in [9.17, 15) is 0 Å². The molecule has 0 amide bonds. The average Bonchev–Trinajstić information content (AvgIpc) is 1.91. The topological polar surface area (TPSA) is 0 Å². The SMILES string of the molecule is C/C=C/CBr.C=CCBr. The molecule has 0 unspecified atom stereocenters. The van der Waals surface area contributed by atoms with Gasteiger partial charge in [0.05, 0.1) is 0 Å². The van der Waals surface area contributed by atoms with Crippen molar-refractivity contribution in [2.45, 2.75) is 6.92 Å². The maximum Gasteiger partial charge on any atom is 0.0211 e. The fourth-order valence-corrected chi connectivity index (χ4v) is 0.463. The second-order valence-corrected chi connectivity index (χ2v) is 2.46. The Labute approximate surface area is 74.3 Å². The van der Waals surface area contributed by atoms with Crippen LogP contribution in [-0.2, 0) is 0 Å². The third kappa shape index (κ3) is 29.6. The summed E-state index contributed by atoms with van der Waals surface area (Å²) in [6.45, 7) is 5.43. The summed E-state index contributed by atoms with van der Waals surface area (Å²) in [6.07, 6.45) is 5.84. The van der Waals surface area contributed by atoms with E-state index in [0.29, 0.717) is 0 Å². The van der Waals surface area contributed by atoms with Crippen LogP contribution in [-0.4, -0.2) is 10.7 Å². The Balaban J connectivity index is 0. The molecule has 2 heteroatoms. The van der Waals surface area contributed by atoms with Gasteiger partial charge in [0.15, 0.2) is 0 Å². The fraction of sp³-hybridized carbons (Fsp3) is 0.429. The molecular formula is C7H12Br2. The number of halogens is 2. The van der Waals surface area contributed by atoms with Crippen molar-refractivity contribution in [3.05, 3.63) is 24.8 Å². The Bertz CT molecular complexity index is 67.3. The van der Waals surface area contributed by atoms with E-state index in [1.807, 2.05) is 19.1 Å². The number of hydrogen-bond donors (Lipinski definition) is 0. The van der Waals surface area contributed by atoms with Crippen LogP contribution >= 0.6 is 31.9 Å². The highest BCUT2D eigenvalue weighted by molar-refractivity contribution is 9.09. The Morgan fingerprint density at radius 3 is 1.78 bits per heavy atom. The molecule has 0 aliphatic rings. The van der Waals surface area contributed by atoms with Crippen molar-refractivity contribution < 1.29 is 0 Å². The molecule has 0 heterocycles. The molecule has 0 aromatic rings. The van der Waals surface area contributed by atoms with E-state index < -0.39 is 0 Å². The smallest absolute Gasteiger partial charge is 0.0211 e. The maximum atomic E-state index is 3.43. The lowest BCUT2D eigenvalue weighted by Gasteiger charge is -1.63. The molecule has 0 N–H and O–H groups in total. The highest BCUT2D eigenvalue weighted by Crippen LogP contribution is 1.77. The van der Waals surface area contributed by atoms with Gasteiger partial charge in [-0.1, -0.05) is 50.1 Å². The number of allylic oxidation sites excluding steroid dienone is 3. The Hall–Kier alpha value is 0.440. The number of alkyl halides is 2. The van der Waals surface area contributed by atoms with E-state index in [1.165, 1.54) is 0 Å². The van der Waals surface area contributed by atoms with E-state index >= 15 is 0 Å². The molecule has 0 spiro atoms. The molecule has 0 aliphatic carbocycles. The Morgan fingerprint density at radius 2 is 1.78 bits per heavy atom. The van der Waals surface area contributed by atoms with Gasteiger partial charge in [0.25, 0.3) is 0 Å². The van der Waals surface area contributed by atoms with Gasteiger partial charge >= 0.3 is 0 Å². The first-order chi connectivity index (χ1) is 4.33. The zero-order valence-corrected chi connectivity index (χ0v) is 8.78. The van der Waals surface area contributed by atoms with Crippen molar-refractivity contribution in [3.63, 3.8) is 0 Å². The molecule has 54 valence electrons. The van der Waals surface area contributed by atoms with E-state index in [0.717, 1.165) is 10.7 Å². The monoisotopic (exact) mass is 254 g/mol. The first kappa shape index (κ1) is 12.1. The number of rotatable bonds is 2. The quantitative estimate of drug-likeness (QED) is 0.523. The van der Waals surface area contributed by atoms with E-state index in [4.69, 9.17) is 0 Å². The molecule has 0 fully saturated rings. The minimum Gasteiger partial charge on any atom is -0.102 e. The molecule has 0 radical (unpaired) electrons. The molecule has 0 saturated heterocycles. The van der Waals surface area contributed by atoms with Gasteiger partial charge < -0.3 is 0 Å². The molecule has 0 aromatic heterocycles. The summed E-state index contributed by atoms with van der Waals surface area (Å²) in [5.41, 5.74) is 0. The van der Waals surface area contributed by atoms with Gasteiger partial charge in [-0.05, 0) is 6.92 Å². The summed E-state index contributed by atoms with van der Waals surface area (Å²) in [5.74, 6) is 0. The average molecular weight is 256 g/mol. The highest BCUT2D eigenvalue weighted by atomic mass is 79.9. The Kier molecular flexibility index (Phi) is 21.3. The van der Waals surface area contributed by atoms with E-state index in [-0.39, 0.29) is 0 Å². The lowest BCUT2D eigenvalue weighted by atomic mass is 10.6. The molecular weight excluding hydrogens is 244 g/mol. The first-order valence-electron chi connectivity index (χ1n) is 2.67. The van der Waals surface area contributed by atoms with Crippen LogP contribution in [0.25, 0.3) is 0 Å². The first-order valence-corrected chi connectivity index (χ1v) is 4.91. The second-order valence-electron chi connectivity index (χ2n) is 1.17. The molecule has 0 nitrogen and oxygen atoms in total. The van der Waals surface area contributed by atoms with Crippen molar-refractivity contribution >= 4 is 31.9 Å². The molecule has 9 heavy (non-hydrogen) atoms. The Morgan fingerprint density at radius 1 is 1.33 bits per heavy atom. The highest BCUT2D eigenvalue weighted by Gasteiger charge is 1.54. The summed E-state index contributed by atoms with van der Waals surface area (Å²) in [4.78, 5) is 0. The largest absolute Gasteiger partial charge is 0.102 e. The van der Waals surface area contributed by atoms with Crippen LogP contribution in [0.2, 0.25) is 0 Å². The van der Waals surface area contributed by atoms with Gasteiger partial charge in [-0.25, -0.2) is 0 Å². The minimum atomic E-state index is 0.896. The van der Waals surface area contributed by atoms with Gasteiger partial charge in [-0.2, -0.15) is 0 Å². The van der Waals surface area contributed by atoms with Crippen LogP contribution in [0.3, 0.4) is 0 Å². The van der Waals surface area contributed by atoms with Crippen molar-refractivity contribution in [2.75, 3.05) is 10.7 Å². The van der Waals surface area contributed by atoms with Crippen molar-refractivity contribution in [3.8, 4) is 0 Å². The van der Waals surface area contributed by atoms with Crippen LogP contribution < -0.4 is 0 Å². The molecule has 0 atom stereocenters. The van der Waals surface area contributed by atoms with Gasteiger partial charge in [0.2, 0.25) is 0 Å². The van der Waals surface area contributed by atoms with Crippen LogP contribution in [0.4, 0.5) is 0 Å². The van der Waals surface area contributed by atoms with Crippen LogP contribution in [0, 0.1) is 0 Å². The predicted octanol–water partition coefficient (Wildman–Crippen LogP) is 3.52. The zero-order chi connectivity index (χ0) is 7.54. The molecule has 0 aromatic carbocycles. The normalized spacial score (nSPS) is 8.33. The van der Waals surface area contributed by atoms with Crippen LogP contribution in [0.15, 0.2) is 24.8 Å². The summed E-state index contributed by atoms with van der Waals surface area (Å²) in [5, 5.41) is 1.87. The third-order valence-electron chi connectivity index (χ3n) is 0.434. The van der Waals surface area contributed by atoms with Gasteiger partial charge in [-0.15, -0.1) is 6.58 Å². The summed E-state index contributed by atoms with van der Waals surface area (Å²) < 4.78 is 0. The lowest BCUT2D eigenvalue weighted by molar-refractivity contribution is 1.67. The van der Waals surface area contributed by atoms with Crippen LogP contribution in [0.5, 0.6) is 0 Å².